The highest BCUT2D eigenvalue weighted by Crippen LogP contribution is 2.27. The van der Waals surface area contributed by atoms with Gasteiger partial charge in [0.1, 0.15) is 5.56 Å². The maximum Gasteiger partial charge on any atom is 0.340 e. The molecule has 2 aromatic rings. The Labute approximate surface area is 156 Å². The number of esters is 1. The average Bonchev–Trinajstić information content (AvgIpc) is 2.99. The van der Waals surface area contributed by atoms with Crippen molar-refractivity contribution >= 4 is 27.2 Å². The number of benzene rings is 1. The van der Waals surface area contributed by atoms with Crippen LogP contribution in [0.4, 0.5) is 5.69 Å². The fraction of sp³-hybridized carbons (Fsp3) is 0.389. The van der Waals surface area contributed by atoms with Crippen molar-refractivity contribution in [1.29, 1.82) is 0 Å². The van der Waals surface area contributed by atoms with E-state index < -0.39 is 27.0 Å². The molecule has 2 heterocycles. The first-order valence-corrected chi connectivity index (χ1v) is 10.4. The smallest absolute Gasteiger partial charge is 0.340 e. The first-order chi connectivity index (χ1) is 12.8. The number of nitrogens with one attached hydrogen (secondary N) is 1. The molecule has 1 aromatic heterocycles. The third kappa shape index (κ3) is 3.87. The minimum atomic E-state index is -2.48. The van der Waals surface area contributed by atoms with Gasteiger partial charge in [-0.2, -0.15) is 4.36 Å². The van der Waals surface area contributed by atoms with Crippen molar-refractivity contribution in [3.05, 3.63) is 51.4 Å². The summed E-state index contributed by atoms with van der Waals surface area (Å²) >= 11 is 0. The van der Waals surface area contributed by atoms with E-state index in [0.29, 0.717) is 11.5 Å². The Morgan fingerprint density at radius 3 is 2.48 bits per heavy atom. The summed E-state index contributed by atoms with van der Waals surface area (Å²) in [6, 6.07) is 4.26. The van der Waals surface area contributed by atoms with E-state index in [9.17, 15) is 18.6 Å². The van der Waals surface area contributed by atoms with Gasteiger partial charge in [0.25, 0.3) is 5.56 Å². The molecule has 9 heteroatoms. The van der Waals surface area contributed by atoms with Crippen molar-refractivity contribution in [1.82, 2.24) is 9.78 Å². The molecule has 1 aliphatic heterocycles. The number of H-pyrrole nitrogens is 1. The Morgan fingerprint density at radius 1 is 1.19 bits per heavy atom. The van der Waals surface area contributed by atoms with Crippen LogP contribution >= 0.6 is 0 Å². The molecule has 1 fully saturated rings. The van der Waals surface area contributed by atoms with Crippen molar-refractivity contribution in [2.75, 3.05) is 18.6 Å². The number of ether oxygens (including phenoxy) is 1. The van der Waals surface area contributed by atoms with Crippen LogP contribution in [0, 0.1) is 0 Å². The minimum absolute atomic E-state index is 0.0175. The number of hydrogen-bond donors (Lipinski definition) is 1. The molecule has 0 saturated carbocycles. The predicted octanol–water partition coefficient (Wildman–Crippen LogP) is 2.01. The summed E-state index contributed by atoms with van der Waals surface area (Å²) in [5, 5.41) is 2.65. The first kappa shape index (κ1) is 19.1. The van der Waals surface area contributed by atoms with Crippen LogP contribution in [0.1, 0.15) is 45.5 Å². The van der Waals surface area contributed by atoms with E-state index in [0.717, 1.165) is 19.3 Å². The Balaban J connectivity index is 2.11. The van der Waals surface area contributed by atoms with Gasteiger partial charge in [-0.3, -0.25) is 14.3 Å². The van der Waals surface area contributed by atoms with E-state index in [-0.39, 0.29) is 22.4 Å². The third-order valence-electron chi connectivity index (χ3n) is 4.54. The molecule has 8 nitrogen and oxygen atoms in total. The summed E-state index contributed by atoms with van der Waals surface area (Å²) < 4.78 is 23.3. The van der Waals surface area contributed by atoms with Gasteiger partial charge in [0.05, 0.1) is 28.1 Å². The molecule has 0 aliphatic carbocycles. The maximum atomic E-state index is 13.0. The SMILES string of the molecule is COC(=O)c1ccc(C(=O)c2c[nH]n(C)c2=O)cc1N=S1(=O)CCCCC1. The number of aromatic amines is 1. The van der Waals surface area contributed by atoms with Gasteiger partial charge in [-0.25, -0.2) is 9.00 Å². The van der Waals surface area contributed by atoms with Crippen LogP contribution in [0.5, 0.6) is 0 Å². The number of aryl methyl sites for hydroxylation is 1. The van der Waals surface area contributed by atoms with E-state index in [4.69, 9.17) is 4.74 Å². The van der Waals surface area contributed by atoms with Crippen LogP contribution in [0.15, 0.2) is 33.6 Å². The van der Waals surface area contributed by atoms with E-state index in [1.54, 1.807) is 0 Å². The Morgan fingerprint density at radius 2 is 1.89 bits per heavy atom. The summed E-state index contributed by atoms with van der Waals surface area (Å²) in [4.78, 5) is 36.8. The van der Waals surface area contributed by atoms with Gasteiger partial charge in [0, 0.05) is 30.3 Å². The molecular formula is C18H21N3O5S. The Bertz CT molecular complexity index is 1060. The number of nitrogens with zero attached hydrogens (tertiary/aromatic N) is 2. The molecular weight excluding hydrogens is 370 g/mol. The quantitative estimate of drug-likeness (QED) is 0.633. The molecule has 27 heavy (non-hydrogen) atoms. The summed E-state index contributed by atoms with van der Waals surface area (Å²) in [6.45, 7) is 0. The van der Waals surface area contributed by atoms with Gasteiger partial charge >= 0.3 is 5.97 Å². The number of carbonyl (C=O) groups is 2. The fourth-order valence-corrected chi connectivity index (χ4v) is 5.22. The number of carbonyl (C=O) groups excluding carboxylic acids is 2. The molecule has 0 amide bonds. The molecule has 144 valence electrons. The summed E-state index contributed by atoms with van der Waals surface area (Å²) in [7, 11) is 0.268. The van der Waals surface area contributed by atoms with Crippen molar-refractivity contribution < 1.29 is 18.5 Å². The number of ketones is 1. The van der Waals surface area contributed by atoms with E-state index in [1.165, 1.54) is 43.2 Å². The van der Waals surface area contributed by atoms with Gasteiger partial charge in [-0.15, -0.1) is 0 Å². The third-order valence-corrected chi connectivity index (χ3v) is 6.92. The molecule has 0 radical (unpaired) electrons. The van der Waals surface area contributed by atoms with Crippen LogP contribution in [0.25, 0.3) is 0 Å². The van der Waals surface area contributed by atoms with E-state index in [2.05, 4.69) is 9.46 Å². The maximum absolute atomic E-state index is 13.0. The number of hydrogen-bond acceptors (Lipinski definition) is 6. The highest BCUT2D eigenvalue weighted by Gasteiger charge is 2.21. The second kappa shape index (κ2) is 7.51. The largest absolute Gasteiger partial charge is 0.465 e. The first-order valence-electron chi connectivity index (χ1n) is 8.58. The van der Waals surface area contributed by atoms with Gasteiger partial charge in [0.15, 0.2) is 5.78 Å². The summed E-state index contributed by atoms with van der Waals surface area (Å²) in [5.41, 5.74) is 0.0260. The van der Waals surface area contributed by atoms with Crippen molar-refractivity contribution in [2.45, 2.75) is 19.3 Å². The molecule has 1 N–H and O–H groups in total. The fourth-order valence-electron chi connectivity index (χ4n) is 3.02. The Hall–Kier alpha value is -2.68. The van der Waals surface area contributed by atoms with Crippen molar-refractivity contribution in [3.8, 4) is 0 Å². The highest BCUT2D eigenvalue weighted by molar-refractivity contribution is 7.93. The summed E-state index contributed by atoms with van der Waals surface area (Å²) in [5.74, 6) is -0.193. The molecule has 3 rings (SSSR count). The van der Waals surface area contributed by atoms with Crippen LogP contribution in [-0.2, 0) is 21.5 Å². The van der Waals surface area contributed by atoms with Crippen LogP contribution in [0.2, 0.25) is 0 Å². The predicted molar refractivity (Wildman–Crippen MR) is 101 cm³/mol. The molecule has 1 aliphatic rings. The lowest BCUT2D eigenvalue weighted by Gasteiger charge is -2.16. The van der Waals surface area contributed by atoms with Gasteiger partial charge in [-0.05, 0) is 25.0 Å². The zero-order chi connectivity index (χ0) is 19.6. The van der Waals surface area contributed by atoms with Crippen LogP contribution < -0.4 is 5.56 Å². The van der Waals surface area contributed by atoms with E-state index in [1.807, 2.05) is 0 Å². The lowest BCUT2D eigenvalue weighted by Crippen LogP contribution is -2.19. The van der Waals surface area contributed by atoms with Crippen molar-refractivity contribution in [2.24, 2.45) is 11.4 Å². The normalized spacial score (nSPS) is 15.9. The second-order valence-corrected chi connectivity index (χ2v) is 8.98. The minimum Gasteiger partial charge on any atom is -0.465 e. The lowest BCUT2D eigenvalue weighted by molar-refractivity contribution is 0.0601. The zero-order valence-electron chi connectivity index (χ0n) is 15.2. The molecule has 0 unspecified atom stereocenters. The standard InChI is InChI=1S/C18H21N3O5S/c1-21-17(23)14(11-19-21)16(22)12-6-7-13(18(24)26-2)15(10-12)20-27(25)8-4-3-5-9-27/h6-7,10-11,19H,3-5,8-9H2,1-2H3. The van der Waals surface area contributed by atoms with Crippen LogP contribution in [0.3, 0.4) is 0 Å². The van der Waals surface area contributed by atoms with Gasteiger partial charge in [-0.1, -0.05) is 12.5 Å². The Kier molecular flexibility index (Phi) is 5.31. The molecule has 0 spiro atoms. The van der Waals surface area contributed by atoms with Gasteiger partial charge in [0.2, 0.25) is 0 Å². The molecule has 1 saturated heterocycles. The monoisotopic (exact) mass is 391 g/mol. The second-order valence-electron chi connectivity index (χ2n) is 6.44. The number of rotatable bonds is 4. The van der Waals surface area contributed by atoms with Crippen molar-refractivity contribution in [3.63, 3.8) is 0 Å². The lowest BCUT2D eigenvalue weighted by atomic mass is 10.0. The molecule has 0 atom stereocenters. The molecule has 0 bridgehead atoms. The average molecular weight is 391 g/mol. The highest BCUT2D eigenvalue weighted by atomic mass is 32.2. The number of aromatic nitrogens is 2. The number of methoxy groups -OCH3 is 1. The zero-order valence-corrected chi connectivity index (χ0v) is 16.0. The van der Waals surface area contributed by atoms with Gasteiger partial charge < -0.3 is 9.84 Å². The molecule has 1 aromatic carbocycles. The van der Waals surface area contributed by atoms with E-state index >= 15 is 0 Å². The topological polar surface area (TPSA) is 111 Å². The summed E-state index contributed by atoms with van der Waals surface area (Å²) in [6.07, 6.45) is 3.96. The van der Waals surface area contributed by atoms with Crippen LogP contribution in [-0.4, -0.2) is 44.4 Å².